The van der Waals surface area contributed by atoms with Gasteiger partial charge in [0.2, 0.25) is 0 Å². The van der Waals surface area contributed by atoms with Crippen molar-refractivity contribution in [3.63, 3.8) is 0 Å². The summed E-state index contributed by atoms with van der Waals surface area (Å²) in [5, 5.41) is 19.1. The fraction of sp³-hybridized carbons (Fsp3) is 0.267. The van der Waals surface area contributed by atoms with Crippen molar-refractivity contribution in [2.24, 2.45) is 0 Å². The minimum atomic E-state index is -1.26. The van der Waals surface area contributed by atoms with Gasteiger partial charge in [0, 0.05) is 12.2 Å². The number of ketones is 2. The molecule has 22 heavy (non-hydrogen) atoms. The molecule has 0 spiro atoms. The van der Waals surface area contributed by atoms with Crippen LogP contribution >= 0.6 is 0 Å². The number of hydrogen-bond acceptors (Lipinski definition) is 5. The quantitative estimate of drug-likeness (QED) is 0.627. The molecule has 114 valence electrons. The van der Waals surface area contributed by atoms with Crippen molar-refractivity contribution in [2.45, 2.75) is 25.6 Å². The number of rotatable bonds is 5. The van der Waals surface area contributed by atoms with Crippen LogP contribution in [-0.2, 0) is 16.0 Å². The molecule has 0 bridgehead atoms. The molecule has 0 aromatic heterocycles. The molecule has 1 aliphatic heterocycles. The number of hydrogen-bond donors (Lipinski definition) is 2. The van der Waals surface area contributed by atoms with Crippen LogP contribution in [0.25, 0.3) is 0 Å². The number of allylic oxidation sites excluding steroid dienone is 2. The lowest BCUT2D eigenvalue weighted by atomic mass is 9.64. The highest BCUT2D eigenvalue weighted by Crippen LogP contribution is 2.36. The molecular weight excluding hydrogens is 287 g/mol. The first-order chi connectivity index (χ1) is 10.4. The molecule has 7 heteroatoms. The summed E-state index contributed by atoms with van der Waals surface area (Å²) in [7, 11) is -1.26. The summed E-state index contributed by atoms with van der Waals surface area (Å²) in [6, 6.07) is 4.70. The average molecular weight is 302 g/mol. The second-order valence-electron chi connectivity index (χ2n) is 5.19. The maximum Gasteiger partial charge on any atom is 0.526 e. The van der Waals surface area contributed by atoms with Gasteiger partial charge in [0.15, 0.2) is 11.6 Å². The lowest BCUT2D eigenvalue weighted by molar-refractivity contribution is -0.116. The third kappa shape index (κ3) is 3.62. The molecule has 0 unspecified atom stereocenters. The number of carbonyl (C=O) groups is 3. The Morgan fingerprint density at radius 1 is 1.36 bits per heavy atom. The maximum absolute atomic E-state index is 11.7. The molecular formula is C15H15BO6. The Labute approximate surface area is 127 Å². The molecule has 1 aromatic rings. The predicted molar refractivity (Wildman–Crippen MR) is 78.9 cm³/mol. The highest BCUT2D eigenvalue weighted by Gasteiger charge is 2.37. The second kappa shape index (κ2) is 6.57. The van der Waals surface area contributed by atoms with E-state index in [9.17, 15) is 19.4 Å². The molecule has 0 amide bonds. The standard InChI is InChI=1S/C15H15BO6/c1-9(17)5-6-12(18)8-11-7-10-3-2-4-13(15(19)20)14(10)22-16(11)21/h2-6,11,21H,7-8H2,1H3,(H,19,20)/b6-5+/t11-/m1/s1. The van der Waals surface area contributed by atoms with Gasteiger partial charge in [0.1, 0.15) is 5.75 Å². The molecule has 2 rings (SSSR count). The highest BCUT2D eigenvalue weighted by atomic mass is 16.5. The van der Waals surface area contributed by atoms with E-state index in [1.54, 1.807) is 12.1 Å². The zero-order valence-corrected chi connectivity index (χ0v) is 12.0. The van der Waals surface area contributed by atoms with Crippen molar-refractivity contribution >= 4 is 24.7 Å². The van der Waals surface area contributed by atoms with Crippen LogP contribution in [0.5, 0.6) is 5.75 Å². The van der Waals surface area contributed by atoms with Gasteiger partial charge in [-0.1, -0.05) is 12.1 Å². The fourth-order valence-electron chi connectivity index (χ4n) is 2.36. The number of benzene rings is 1. The van der Waals surface area contributed by atoms with Gasteiger partial charge in [-0.2, -0.15) is 0 Å². The normalized spacial score (nSPS) is 17.0. The lowest BCUT2D eigenvalue weighted by Crippen LogP contribution is -2.35. The summed E-state index contributed by atoms with van der Waals surface area (Å²) >= 11 is 0. The summed E-state index contributed by atoms with van der Waals surface area (Å²) in [5.74, 6) is -2.00. The zero-order chi connectivity index (χ0) is 16.3. The molecule has 0 radical (unpaired) electrons. The Balaban J connectivity index is 2.16. The average Bonchev–Trinajstić information content (AvgIpc) is 2.45. The molecule has 1 aliphatic rings. The Kier molecular flexibility index (Phi) is 4.77. The lowest BCUT2D eigenvalue weighted by Gasteiger charge is -2.27. The van der Waals surface area contributed by atoms with Crippen molar-refractivity contribution in [1.82, 2.24) is 0 Å². The third-order valence-electron chi connectivity index (χ3n) is 3.42. The third-order valence-corrected chi connectivity index (χ3v) is 3.42. The van der Waals surface area contributed by atoms with E-state index < -0.39 is 18.9 Å². The van der Waals surface area contributed by atoms with Gasteiger partial charge in [0.25, 0.3) is 0 Å². The number of para-hydroxylation sites is 1. The summed E-state index contributed by atoms with van der Waals surface area (Å²) < 4.78 is 5.29. The molecule has 0 aliphatic carbocycles. The van der Waals surface area contributed by atoms with Crippen LogP contribution in [0.1, 0.15) is 29.3 Å². The molecule has 0 fully saturated rings. The Morgan fingerprint density at radius 3 is 2.73 bits per heavy atom. The summed E-state index contributed by atoms with van der Waals surface area (Å²) in [4.78, 5) is 33.7. The van der Waals surface area contributed by atoms with Crippen molar-refractivity contribution in [1.29, 1.82) is 0 Å². The van der Waals surface area contributed by atoms with E-state index in [2.05, 4.69) is 0 Å². The molecule has 2 N–H and O–H groups in total. The number of carboxylic acids is 1. The van der Waals surface area contributed by atoms with Gasteiger partial charge in [-0.3, -0.25) is 9.59 Å². The largest absolute Gasteiger partial charge is 0.535 e. The van der Waals surface area contributed by atoms with Gasteiger partial charge < -0.3 is 14.8 Å². The summed E-state index contributed by atoms with van der Waals surface area (Å²) in [5.41, 5.74) is 0.622. The minimum absolute atomic E-state index is 0.0156. The molecule has 1 heterocycles. The first-order valence-electron chi connectivity index (χ1n) is 6.80. The van der Waals surface area contributed by atoms with Crippen LogP contribution < -0.4 is 4.65 Å². The fourth-order valence-corrected chi connectivity index (χ4v) is 2.36. The van der Waals surface area contributed by atoms with Crippen molar-refractivity contribution < 1.29 is 29.2 Å². The molecule has 6 nitrogen and oxygen atoms in total. The smallest absolute Gasteiger partial charge is 0.526 e. The number of carboxylic acid groups (broad SMARTS) is 1. The SMILES string of the molecule is CC(=O)/C=C/C(=O)C[C@H]1Cc2cccc(C(=O)O)c2OB1O. The first-order valence-corrected chi connectivity index (χ1v) is 6.80. The molecule has 1 aromatic carbocycles. The van der Waals surface area contributed by atoms with E-state index in [4.69, 9.17) is 9.76 Å². The molecule has 0 saturated carbocycles. The van der Waals surface area contributed by atoms with Gasteiger partial charge in [-0.15, -0.1) is 0 Å². The Bertz CT molecular complexity index is 651. The van der Waals surface area contributed by atoms with Gasteiger partial charge in [0.05, 0.1) is 5.56 Å². The monoisotopic (exact) mass is 302 g/mol. The zero-order valence-electron chi connectivity index (χ0n) is 12.0. The van der Waals surface area contributed by atoms with Crippen LogP contribution in [0.3, 0.4) is 0 Å². The van der Waals surface area contributed by atoms with E-state index >= 15 is 0 Å². The Hall–Kier alpha value is -2.41. The number of carbonyl (C=O) groups excluding carboxylic acids is 2. The number of aromatic carboxylic acids is 1. The van der Waals surface area contributed by atoms with Crippen LogP contribution in [-0.4, -0.2) is 34.8 Å². The van der Waals surface area contributed by atoms with Crippen molar-refractivity contribution in [3.05, 3.63) is 41.5 Å². The van der Waals surface area contributed by atoms with E-state index in [0.29, 0.717) is 12.0 Å². The maximum atomic E-state index is 11.7. The first kappa shape index (κ1) is 16.0. The van der Waals surface area contributed by atoms with Crippen molar-refractivity contribution in [3.8, 4) is 5.75 Å². The van der Waals surface area contributed by atoms with E-state index in [1.807, 2.05) is 0 Å². The predicted octanol–water partition coefficient (Wildman–Crippen LogP) is 1.27. The van der Waals surface area contributed by atoms with Gasteiger partial charge in [-0.25, -0.2) is 4.79 Å². The van der Waals surface area contributed by atoms with Crippen LogP contribution in [0.4, 0.5) is 0 Å². The van der Waals surface area contributed by atoms with E-state index in [1.165, 1.54) is 25.1 Å². The van der Waals surface area contributed by atoms with Crippen LogP contribution in [0.2, 0.25) is 5.82 Å². The van der Waals surface area contributed by atoms with E-state index in [-0.39, 0.29) is 29.3 Å². The minimum Gasteiger partial charge on any atom is -0.535 e. The summed E-state index contributed by atoms with van der Waals surface area (Å²) in [6.07, 6.45) is 2.70. The summed E-state index contributed by atoms with van der Waals surface area (Å²) in [6.45, 7) is 1.34. The van der Waals surface area contributed by atoms with Crippen LogP contribution in [0, 0.1) is 0 Å². The second-order valence-corrected chi connectivity index (χ2v) is 5.19. The van der Waals surface area contributed by atoms with Crippen LogP contribution in [0.15, 0.2) is 30.4 Å². The van der Waals surface area contributed by atoms with Gasteiger partial charge in [-0.05, 0) is 37.1 Å². The van der Waals surface area contributed by atoms with Crippen molar-refractivity contribution in [2.75, 3.05) is 0 Å². The topological polar surface area (TPSA) is 101 Å². The highest BCUT2D eigenvalue weighted by molar-refractivity contribution is 6.47. The Morgan fingerprint density at radius 2 is 2.09 bits per heavy atom. The molecule has 1 atom stereocenters. The number of fused-ring (bicyclic) bond motifs is 1. The van der Waals surface area contributed by atoms with E-state index in [0.717, 1.165) is 0 Å². The molecule has 0 saturated heterocycles. The van der Waals surface area contributed by atoms with Gasteiger partial charge >= 0.3 is 13.1 Å².